The van der Waals surface area contributed by atoms with E-state index >= 15 is 0 Å². The van der Waals surface area contributed by atoms with Crippen LogP contribution in [0.15, 0.2) is 58.2 Å². The van der Waals surface area contributed by atoms with Crippen LogP contribution in [-0.4, -0.2) is 17.3 Å². The van der Waals surface area contributed by atoms with Crippen LogP contribution < -0.4 is 10.2 Å². The average molecular weight is 288 g/mol. The van der Waals surface area contributed by atoms with Crippen molar-refractivity contribution in [2.45, 2.75) is 4.90 Å². The van der Waals surface area contributed by atoms with E-state index in [0.717, 1.165) is 11.8 Å². The van der Waals surface area contributed by atoms with E-state index in [0.29, 0.717) is 10.6 Å². The molecule has 20 heavy (non-hydrogen) atoms. The Morgan fingerprint density at radius 3 is 2.65 bits per heavy atom. The smallest absolute Gasteiger partial charge is 0.228 e. The van der Waals surface area contributed by atoms with Gasteiger partial charge in [0.05, 0.1) is 17.6 Å². The van der Waals surface area contributed by atoms with E-state index < -0.39 is 0 Å². The molecule has 0 aliphatic rings. The first kappa shape index (κ1) is 14.1. The number of rotatable bonds is 3. The molecule has 102 valence electrons. The van der Waals surface area contributed by atoms with Crippen molar-refractivity contribution in [1.82, 2.24) is 0 Å². The maximum atomic E-state index is 12.2. The van der Waals surface area contributed by atoms with E-state index in [1.54, 1.807) is 24.3 Å². The van der Waals surface area contributed by atoms with E-state index in [4.69, 9.17) is 4.74 Å². The summed E-state index contributed by atoms with van der Waals surface area (Å²) in [6.07, 6.45) is 0. The largest absolute Gasteiger partial charge is 0.508 e. The SMILES string of the molecule is COc1ccc(O)cc1C(=O)Sc1cccccc1=O. The van der Waals surface area contributed by atoms with Crippen LogP contribution in [-0.2, 0) is 0 Å². The number of aromatic hydroxyl groups is 1. The molecule has 2 aromatic rings. The van der Waals surface area contributed by atoms with Crippen LogP contribution in [0.3, 0.4) is 0 Å². The normalized spacial score (nSPS) is 10.1. The molecule has 0 unspecified atom stereocenters. The average Bonchev–Trinajstić information content (AvgIpc) is 2.64. The zero-order valence-corrected chi connectivity index (χ0v) is 11.5. The first-order valence-corrected chi connectivity index (χ1v) is 6.62. The Balaban J connectivity index is 2.36. The van der Waals surface area contributed by atoms with Crippen LogP contribution >= 0.6 is 11.8 Å². The zero-order valence-electron chi connectivity index (χ0n) is 10.7. The van der Waals surface area contributed by atoms with Crippen LogP contribution in [0.2, 0.25) is 0 Å². The van der Waals surface area contributed by atoms with Crippen molar-refractivity contribution < 1.29 is 14.6 Å². The third kappa shape index (κ3) is 3.19. The van der Waals surface area contributed by atoms with Crippen molar-refractivity contribution in [3.05, 3.63) is 64.3 Å². The molecular weight excluding hydrogens is 276 g/mol. The summed E-state index contributed by atoms with van der Waals surface area (Å²) in [6, 6.07) is 12.3. The quantitative estimate of drug-likeness (QED) is 0.880. The van der Waals surface area contributed by atoms with Crippen LogP contribution in [0.4, 0.5) is 0 Å². The number of methoxy groups -OCH3 is 1. The fraction of sp³-hybridized carbons (Fsp3) is 0.0667. The predicted molar refractivity (Wildman–Crippen MR) is 77.6 cm³/mol. The lowest BCUT2D eigenvalue weighted by molar-refractivity contribution is 0.108. The minimum atomic E-state index is -0.360. The Hall–Kier alpha value is -2.27. The summed E-state index contributed by atoms with van der Waals surface area (Å²) in [5, 5.41) is 9.10. The predicted octanol–water partition coefficient (Wildman–Crippen LogP) is 2.69. The molecule has 2 aromatic carbocycles. The second-order valence-corrected chi connectivity index (χ2v) is 4.93. The van der Waals surface area contributed by atoms with Crippen LogP contribution in [0.25, 0.3) is 0 Å². The van der Waals surface area contributed by atoms with Gasteiger partial charge < -0.3 is 9.84 Å². The number of carbonyl (C=O) groups is 1. The third-order valence-corrected chi connectivity index (χ3v) is 3.53. The topological polar surface area (TPSA) is 63.6 Å². The molecule has 0 saturated carbocycles. The molecule has 1 N–H and O–H groups in total. The second kappa shape index (κ2) is 6.25. The van der Waals surface area contributed by atoms with E-state index in [-0.39, 0.29) is 21.9 Å². The molecule has 0 aromatic heterocycles. The first-order chi connectivity index (χ1) is 9.61. The zero-order chi connectivity index (χ0) is 14.5. The molecule has 0 bridgehead atoms. The van der Waals surface area contributed by atoms with Gasteiger partial charge in [-0.05, 0) is 42.1 Å². The number of hydrogen-bond donors (Lipinski definition) is 1. The highest BCUT2D eigenvalue weighted by molar-refractivity contribution is 8.14. The number of hydrogen-bond acceptors (Lipinski definition) is 5. The van der Waals surface area contributed by atoms with Gasteiger partial charge in [0.1, 0.15) is 11.5 Å². The van der Waals surface area contributed by atoms with Gasteiger partial charge in [0.15, 0.2) is 5.43 Å². The van der Waals surface area contributed by atoms with E-state index in [1.807, 2.05) is 0 Å². The molecule has 0 heterocycles. The lowest BCUT2D eigenvalue weighted by Crippen LogP contribution is -2.03. The monoisotopic (exact) mass is 288 g/mol. The second-order valence-electron chi connectivity index (χ2n) is 3.91. The minimum absolute atomic E-state index is 0.0317. The van der Waals surface area contributed by atoms with Gasteiger partial charge in [0.2, 0.25) is 5.12 Å². The molecule has 0 aliphatic heterocycles. The Morgan fingerprint density at radius 2 is 1.90 bits per heavy atom. The van der Waals surface area contributed by atoms with E-state index in [1.165, 1.54) is 31.4 Å². The summed E-state index contributed by atoms with van der Waals surface area (Å²) in [4.78, 5) is 24.3. The maximum absolute atomic E-state index is 12.2. The maximum Gasteiger partial charge on any atom is 0.228 e. The third-order valence-electron chi connectivity index (χ3n) is 2.57. The fourth-order valence-corrected chi connectivity index (χ4v) is 2.39. The molecular formula is C15H12O4S. The van der Waals surface area contributed by atoms with Gasteiger partial charge >= 0.3 is 0 Å². The Kier molecular flexibility index (Phi) is 4.42. The summed E-state index contributed by atoms with van der Waals surface area (Å²) < 4.78 is 5.08. The minimum Gasteiger partial charge on any atom is -0.508 e. The van der Waals surface area contributed by atoms with Crippen molar-refractivity contribution in [3.63, 3.8) is 0 Å². The Labute approximate surface area is 120 Å². The lowest BCUT2D eigenvalue weighted by Gasteiger charge is -2.07. The van der Waals surface area contributed by atoms with Gasteiger partial charge in [-0.15, -0.1) is 0 Å². The molecule has 0 atom stereocenters. The lowest BCUT2D eigenvalue weighted by atomic mass is 10.2. The number of phenols is 1. The number of phenolic OH excluding ortho intramolecular Hbond substituents is 1. The van der Waals surface area contributed by atoms with Crippen molar-refractivity contribution in [3.8, 4) is 11.5 Å². The number of benzene rings is 1. The van der Waals surface area contributed by atoms with Gasteiger partial charge in [-0.3, -0.25) is 9.59 Å². The fourth-order valence-electron chi connectivity index (χ4n) is 1.61. The van der Waals surface area contributed by atoms with Gasteiger partial charge in [0.25, 0.3) is 0 Å². The van der Waals surface area contributed by atoms with E-state index in [9.17, 15) is 14.7 Å². The molecule has 5 heteroatoms. The van der Waals surface area contributed by atoms with Crippen LogP contribution in [0, 0.1) is 0 Å². The molecule has 4 nitrogen and oxygen atoms in total. The summed E-state index contributed by atoms with van der Waals surface area (Å²) in [7, 11) is 1.44. The number of thioether (sulfide) groups is 1. The highest BCUT2D eigenvalue weighted by Crippen LogP contribution is 2.29. The van der Waals surface area contributed by atoms with Gasteiger partial charge in [0, 0.05) is 0 Å². The molecule has 0 aliphatic carbocycles. The van der Waals surface area contributed by atoms with Crippen LogP contribution in [0.5, 0.6) is 11.5 Å². The Bertz CT molecular complexity index is 697. The summed E-state index contributed by atoms with van der Waals surface area (Å²) in [5.41, 5.74) is -0.00382. The van der Waals surface area contributed by atoms with Crippen molar-refractivity contribution in [2.75, 3.05) is 7.11 Å². The summed E-state index contributed by atoms with van der Waals surface area (Å²) >= 11 is 0.812. The van der Waals surface area contributed by atoms with Crippen molar-refractivity contribution in [1.29, 1.82) is 0 Å². The molecule has 0 fully saturated rings. The number of ether oxygens (including phenoxy) is 1. The first-order valence-electron chi connectivity index (χ1n) is 5.80. The highest BCUT2D eigenvalue weighted by atomic mass is 32.2. The Morgan fingerprint density at radius 1 is 1.15 bits per heavy atom. The van der Waals surface area contributed by atoms with Crippen molar-refractivity contribution in [2.24, 2.45) is 0 Å². The van der Waals surface area contributed by atoms with Gasteiger partial charge in [-0.2, -0.15) is 0 Å². The standard InChI is InChI=1S/C15H12O4S/c1-19-13-8-7-10(16)9-11(13)15(18)20-14-6-4-2-3-5-12(14)17/h2-9,16H,1H3. The molecule has 2 rings (SSSR count). The molecule has 0 amide bonds. The highest BCUT2D eigenvalue weighted by Gasteiger charge is 2.15. The van der Waals surface area contributed by atoms with Crippen LogP contribution in [0.1, 0.15) is 10.4 Å². The molecule has 0 radical (unpaired) electrons. The van der Waals surface area contributed by atoms with Crippen molar-refractivity contribution >= 4 is 16.9 Å². The van der Waals surface area contributed by atoms with E-state index in [2.05, 4.69) is 0 Å². The van der Waals surface area contributed by atoms with Gasteiger partial charge in [-0.1, -0.05) is 18.2 Å². The molecule has 0 spiro atoms. The number of carbonyl (C=O) groups excluding carboxylic acids is 1. The van der Waals surface area contributed by atoms with Gasteiger partial charge in [-0.25, -0.2) is 0 Å². The summed E-state index contributed by atoms with van der Waals surface area (Å²) in [6.45, 7) is 0. The molecule has 0 saturated heterocycles. The summed E-state index contributed by atoms with van der Waals surface area (Å²) in [5.74, 6) is 0.323.